The molecule has 2 rings (SSSR count). The lowest BCUT2D eigenvalue weighted by molar-refractivity contribution is -0.155. The zero-order chi connectivity index (χ0) is 22.9. The number of hydrogen-bond donors (Lipinski definition) is 1. The Morgan fingerprint density at radius 1 is 1.23 bits per heavy atom. The third-order valence-electron chi connectivity index (χ3n) is 5.50. The maximum atomic E-state index is 12.5. The van der Waals surface area contributed by atoms with Crippen molar-refractivity contribution >= 4 is 23.9 Å². The molecule has 1 aliphatic carbocycles. The molecule has 1 saturated carbocycles. The van der Waals surface area contributed by atoms with E-state index in [1.54, 1.807) is 44.5 Å². The number of carbonyl (C=O) groups excluding carboxylic acids is 3. The highest BCUT2D eigenvalue weighted by Gasteiger charge is 2.39. The van der Waals surface area contributed by atoms with Crippen LogP contribution in [0.3, 0.4) is 0 Å². The molecular formula is C23H29N3O5. The Kier molecular flexibility index (Phi) is 8.62. The van der Waals surface area contributed by atoms with E-state index in [2.05, 4.69) is 11.4 Å². The largest absolute Gasteiger partial charge is 0.497 e. The van der Waals surface area contributed by atoms with Gasteiger partial charge < -0.3 is 19.7 Å². The summed E-state index contributed by atoms with van der Waals surface area (Å²) >= 11 is 0. The van der Waals surface area contributed by atoms with Gasteiger partial charge in [0.15, 0.2) is 6.61 Å². The molecule has 0 bridgehead atoms. The third-order valence-corrected chi connectivity index (χ3v) is 5.50. The Morgan fingerprint density at radius 3 is 2.45 bits per heavy atom. The molecule has 0 heterocycles. The number of nitriles is 1. The van der Waals surface area contributed by atoms with Gasteiger partial charge >= 0.3 is 5.97 Å². The summed E-state index contributed by atoms with van der Waals surface area (Å²) in [5, 5.41) is 12.1. The van der Waals surface area contributed by atoms with Crippen LogP contribution < -0.4 is 10.1 Å². The van der Waals surface area contributed by atoms with Crippen LogP contribution in [-0.4, -0.2) is 55.0 Å². The molecule has 1 aliphatic rings. The summed E-state index contributed by atoms with van der Waals surface area (Å²) in [4.78, 5) is 38.1. The highest BCUT2D eigenvalue weighted by atomic mass is 16.5. The summed E-state index contributed by atoms with van der Waals surface area (Å²) in [6.07, 6.45) is 6.97. The molecule has 31 heavy (non-hydrogen) atoms. The predicted octanol–water partition coefficient (Wildman–Crippen LogP) is 2.44. The smallest absolute Gasteiger partial charge is 0.328 e. The summed E-state index contributed by atoms with van der Waals surface area (Å²) in [6.45, 7) is 1.01. The van der Waals surface area contributed by atoms with Gasteiger partial charge in [0.1, 0.15) is 17.3 Å². The SMILES string of the molecule is COc1ccc(/C=C/C(=O)N[C@@H](C)C(=O)OCC(=O)N(C)C2(C#N)CCCCC2)cc1. The van der Waals surface area contributed by atoms with E-state index in [1.807, 2.05) is 0 Å². The lowest BCUT2D eigenvalue weighted by Crippen LogP contribution is -2.51. The zero-order valence-electron chi connectivity index (χ0n) is 18.2. The summed E-state index contributed by atoms with van der Waals surface area (Å²) in [5.74, 6) is -0.908. The number of methoxy groups -OCH3 is 1. The molecule has 8 heteroatoms. The first-order chi connectivity index (χ1) is 14.8. The van der Waals surface area contributed by atoms with Crippen molar-refractivity contribution in [1.82, 2.24) is 10.2 Å². The number of esters is 1. The monoisotopic (exact) mass is 427 g/mol. The van der Waals surface area contributed by atoms with Crippen LogP contribution in [0, 0.1) is 11.3 Å². The summed E-state index contributed by atoms with van der Waals surface area (Å²) in [6, 6.07) is 8.47. The molecule has 1 fully saturated rings. The van der Waals surface area contributed by atoms with E-state index in [0.717, 1.165) is 24.8 Å². The molecule has 1 aromatic rings. The Labute approximate surface area is 182 Å². The van der Waals surface area contributed by atoms with Gasteiger partial charge in [0.2, 0.25) is 5.91 Å². The van der Waals surface area contributed by atoms with Crippen molar-refractivity contribution in [2.75, 3.05) is 20.8 Å². The van der Waals surface area contributed by atoms with E-state index >= 15 is 0 Å². The third kappa shape index (κ3) is 6.57. The number of amides is 2. The van der Waals surface area contributed by atoms with Gasteiger partial charge in [-0.05, 0) is 43.5 Å². The fraction of sp³-hybridized carbons (Fsp3) is 0.478. The molecule has 8 nitrogen and oxygen atoms in total. The molecule has 0 radical (unpaired) electrons. The van der Waals surface area contributed by atoms with Gasteiger partial charge in [0.25, 0.3) is 5.91 Å². The fourth-order valence-electron chi connectivity index (χ4n) is 3.46. The molecule has 1 aromatic carbocycles. The Bertz CT molecular complexity index is 851. The lowest BCUT2D eigenvalue weighted by Gasteiger charge is -2.38. The highest BCUT2D eigenvalue weighted by molar-refractivity contribution is 5.94. The molecular weight excluding hydrogens is 398 g/mol. The van der Waals surface area contributed by atoms with E-state index in [9.17, 15) is 19.6 Å². The zero-order valence-corrected chi connectivity index (χ0v) is 18.2. The van der Waals surface area contributed by atoms with Crippen LogP contribution in [0.5, 0.6) is 5.75 Å². The quantitative estimate of drug-likeness (QED) is 0.504. The van der Waals surface area contributed by atoms with Crippen LogP contribution in [-0.2, 0) is 19.1 Å². The summed E-state index contributed by atoms with van der Waals surface area (Å²) in [7, 11) is 3.14. The molecule has 2 amide bonds. The fourth-order valence-corrected chi connectivity index (χ4v) is 3.46. The molecule has 0 unspecified atom stereocenters. The van der Waals surface area contributed by atoms with Crippen molar-refractivity contribution in [3.63, 3.8) is 0 Å². The number of benzene rings is 1. The summed E-state index contributed by atoms with van der Waals surface area (Å²) in [5.41, 5.74) is -0.0395. The second kappa shape index (κ2) is 11.2. The van der Waals surface area contributed by atoms with Crippen LogP contribution in [0.25, 0.3) is 6.08 Å². The number of hydrogen-bond acceptors (Lipinski definition) is 6. The Morgan fingerprint density at radius 2 is 1.87 bits per heavy atom. The van der Waals surface area contributed by atoms with Gasteiger partial charge in [0.05, 0.1) is 13.2 Å². The van der Waals surface area contributed by atoms with Gasteiger partial charge in [-0.25, -0.2) is 4.79 Å². The molecule has 0 saturated heterocycles. The van der Waals surface area contributed by atoms with Crippen molar-refractivity contribution in [2.24, 2.45) is 0 Å². The number of nitrogens with one attached hydrogen (secondary N) is 1. The maximum Gasteiger partial charge on any atom is 0.328 e. The van der Waals surface area contributed by atoms with Crippen LogP contribution in [0.4, 0.5) is 0 Å². The Hall–Kier alpha value is -3.34. The number of likely N-dealkylation sites (N-methyl/N-ethyl adjacent to an activating group) is 1. The van der Waals surface area contributed by atoms with Crippen LogP contribution >= 0.6 is 0 Å². The lowest BCUT2D eigenvalue weighted by atomic mass is 9.81. The second-order valence-corrected chi connectivity index (χ2v) is 7.60. The number of carbonyl (C=O) groups is 3. The first-order valence-electron chi connectivity index (χ1n) is 10.3. The van der Waals surface area contributed by atoms with E-state index in [4.69, 9.17) is 9.47 Å². The van der Waals surface area contributed by atoms with Gasteiger partial charge in [-0.1, -0.05) is 31.4 Å². The van der Waals surface area contributed by atoms with E-state index < -0.39 is 36.0 Å². The topological polar surface area (TPSA) is 109 Å². The standard InChI is InChI=1S/C23H29N3O5/c1-17(25-20(27)12-9-18-7-10-19(30-3)11-8-18)22(29)31-15-21(28)26(2)23(16-24)13-5-4-6-14-23/h7-12,17H,4-6,13-15H2,1-3H3,(H,25,27)/b12-9+/t17-/m0/s1. The molecule has 0 aliphatic heterocycles. The molecule has 0 spiro atoms. The highest BCUT2D eigenvalue weighted by Crippen LogP contribution is 2.32. The second-order valence-electron chi connectivity index (χ2n) is 7.60. The van der Waals surface area contributed by atoms with E-state index in [0.29, 0.717) is 18.6 Å². The van der Waals surface area contributed by atoms with Gasteiger partial charge in [-0.2, -0.15) is 5.26 Å². The average Bonchev–Trinajstić information content (AvgIpc) is 2.81. The number of ether oxygens (including phenoxy) is 2. The minimum absolute atomic E-state index is 0.435. The van der Waals surface area contributed by atoms with Crippen LogP contribution in [0.15, 0.2) is 30.3 Å². The maximum absolute atomic E-state index is 12.5. The van der Waals surface area contributed by atoms with Gasteiger partial charge in [-0.15, -0.1) is 0 Å². The van der Waals surface area contributed by atoms with Crippen molar-refractivity contribution < 1.29 is 23.9 Å². The minimum atomic E-state index is -0.925. The van der Waals surface area contributed by atoms with Crippen molar-refractivity contribution in [2.45, 2.75) is 50.6 Å². The molecule has 1 atom stereocenters. The van der Waals surface area contributed by atoms with E-state index in [1.165, 1.54) is 17.9 Å². The van der Waals surface area contributed by atoms with Crippen molar-refractivity contribution in [3.8, 4) is 11.8 Å². The number of nitrogens with zero attached hydrogens (tertiary/aromatic N) is 2. The van der Waals surface area contributed by atoms with Crippen LogP contribution in [0.1, 0.15) is 44.6 Å². The molecule has 166 valence electrons. The molecule has 0 aromatic heterocycles. The van der Waals surface area contributed by atoms with Crippen molar-refractivity contribution in [3.05, 3.63) is 35.9 Å². The predicted molar refractivity (Wildman–Crippen MR) is 115 cm³/mol. The average molecular weight is 428 g/mol. The van der Waals surface area contributed by atoms with Crippen molar-refractivity contribution in [1.29, 1.82) is 5.26 Å². The summed E-state index contributed by atoms with van der Waals surface area (Å²) < 4.78 is 10.1. The first kappa shape index (κ1) is 23.9. The number of rotatable bonds is 8. The Balaban J connectivity index is 1.81. The van der Waals surface area contributed by atoms with Gasteiger partial charge in [-0.3, -0.25) is 9.59 Å². The van der Waals surface area contributed by atoms with Crippen LogP contribution in [0.2, 0.25) is 0 Å². The normalized spacial score (nSPS) is 16.1. The van der Waals surface area contributed by atoms with Gasteiger partial charge in [0, 0.05) is 13.1 Å². The molecule has 1 N–H and O–H groups in total. The van der Waals surface area contributed by atoms with E-state index in [-0.39, 0.29) is 0 Å². The first-order valence-corrected chi connectivity index (χ1v) is 10.3. The minimum Gasteiger partial charge on any atom is -0.497 e.